The van der Waals surface area contributed by atoms with Crippen LogP contribution in [0.4, 0.5) is 19.0 Å². The van der Waals surface area contributed by atoms with Crippen LogP contribution in [0.3, 0.4) is 0 Å². The Morgan fingerprint density at radius 2 is 1.81 bits per heavy atom. The third-order valence-electron chi connectivity index (χ3n) is 6.02. The lowest BCUT2D eigenvalue weighted by Crippen LogP contribution is -2.42. The molecule has 1 aromatic heterocycles. The van der Waals surface area contributed by atoms with Crippen LogP contribution in [-0.2, 0) is 6.18 Å². The molecule has 2 heterocycles. The predicted octanol–water partition coefficient (Wildman–Crippen LogP) is 3.69. The van der Waals surface area contributed by atoms with Crippen molar-refractivity contribution in [2.45, 2.75) is 62.6 Å². The van der Waals surface area contributed by atoms with E-state index >= 15 is 0 Å². The van der Waals surface area contributed by atoms with E-state index in [2.05, 4.69) is 9.97 Å². The number of halogens is 3. The summed E-state index contributed by atoms with van der Waals surface area (Å²) in [4.78, 5) is 9.82. The molecule has 1 saturated carbocycles. The summed E-state index contributed by atoms with van der Waals surface area (Å²) in [6.07, 6.45) is 2.32. The summed E-state index contributed by atoms with van der Waals surface area (Å²) in [7, 11) is 0. The van der Waals surface area contributed by atoms with E-state index in [0.29, 0.717) is 31.2 Å². The molecule has 2 aliphatic rings. The topological polar surface area (TPSA) is 69.5 Å². The van der Waals surface area contributed by atoms with Gasteiger partial charge in [0.15, 0.2) is 17.1 Å². The van der Waals surface area contributed by atoms with Crippen molar-refractivity contribution in [1.29, 1.82) is 0 Å². The molecule has 1 aliphatic heterocycles. The first-order valence-corrected chi connectivity index (χ1v) is 10.5. The Hall–Kier alpha value is -1.06. The fourth-order valence-corrected chi connectivity index (χ4v) is 4.72. The summed E-state index contributed by atoms with van der Waals surface area (Å²) in [5.74, 6) is 0.711. The molecule has 152 valence electrons. The number of aromatic nitrogens is 2. The van der Waals surface area contributed by atoms with Gasteiger partial charge >= 0.3 is 6.18 Å². The number of anilines is 1. The smallest absolute Gasteiger partial charge is 0.368 e. The van der Waals surface area contributed by atoms with E-state index in [1.807, 2.05) is 4.90 Å². The van der Waals surface area contributed by atoms with Crippen molar-refractivity contribution in [3.05, 3.63) is 11.8 Å². The Labute approximate surface area is 161 Å². The molecule has 27 heavy (non-hydrogen) atoms. The van der Waals surface area contributed by atoms with Gasteiger partial charge in [-0.2, -0.15) is 13.2 Å². The van der Waals surface area contributed by atoms with Gasteiger partial charge in [0.2, 0.25) is 0 Å². The highest BCUT2D eigenvalue weighted by Crippen LogP contribution is 2.47. The average molecular weight is 405 g/mol. The maximum Gasteiger partial charge on any atom is 0.433 e. The Kier molecular flexibility index (Phi) is 6.22. The van der Waals surface area contributed by atoms with Crippen molar-refractivity contribution >= 4 is 17.6 Å². The maximum absolute atomic E-state index is 13.1. The molecule has 2 N–H and O–H groups in total. The molecule has 0 amide bonds. The van der Waals surface area contributed by atoms with Crippen LogP contribution in [0.2, 0.25) is 0 Å². The van der Waals surface area contributed by atoms with Crippen LogP contribution in [0.25, 0.3) is 0 Å². The maximum atomic E-state index is 13.1. The third-order valence-corrected chi connectivity index (χ3v) is 6.57. The zero-order valence-electron chi connectivity index (χ0n) is 15.4. The Balaban J connectivity index is 1.64. The van der Waals surface area contributed by atoms with E-state index < -0.39 is 18.2 Å². The fourth-order valence-electron chi connectivity index (χ4n) is 4.35. The summed E-state index contributed by atoms with van der Waals surface area (Å²) in [6.45, 7) is 1.38. The number of aliphatic hydroxyl groups is 2. The van der Waals surface area contributed by atoms with Gasteiger partial charge in [-0.15, -0.1) is 0 Å². The van der Waals surface area contributed by atoms with Gasteiger partial charge in [0, 0.05) is 25.6 Å². The van der Waals surface area contributed by atoms with Crippen molar-refractivity contribution in [2.24, 2.45) is 11.3 Å². The number of thioether (sulfide) groups is 1. The van der Waals surface area contributed by atoms with Gasteiger partial charge in [0.05, 0.1) is 0 Å². The summed E-state index contributed by atoms with van der Waals surface area (Å²) >= 11 is 1.11. The molecule has 1 aliphatic carbocycles. The van der Waals surface area contributed by atoms with Crippen LogP contribution in [0.5, 0.6) is 0 Å². The lowest BCUT2D eigenvalue weighted by atomic mass is 9.65. The van der Waals surface area contributed by atoms with Gasteiger partial charge in [-0.1, -0.05) is 11.8 Å². The molecule has 0 unspecified atom stereocenters. The van der Waals surface area contributed by atoms with E-state index in [1.165, 1.54) is 0 Å². The minimum absolute atomic E-state index is 0.142. The quantitative estimate of drug-likeness (QED) is 0.452. The van der Waals surface area contributed by atoms with E-state index in [-0.39, 0.29) is 10.6 Å². The predicted molar refractivity (Wildman–Crippen MR) is 97.5 cm³/mol. The van der Waals surface area contributed by atoms with Gasteiger partial charge < -0.3 is 15.1 Å². The van der Waals surface area contributed by atoms with Gasteiger partial charge in [-0.3, -0.25) is 0 Å². The van der Waals surface area contributed by atoms with Crippen LogP contribution in [0.15, 0.2) is 11.2 Å². The van der Waals surface area contributed by atoms with E-state index in [9.17, 15) is 13.2 Å². The third kappa shape index (κ3) is 5.06. The first-order valence-electron chi connectivity index (χ1n) is 9.32. The number of hydrogen-bond donors (Lipinski definition) is 2. The molecule has 1 saturated heterocycles. The van der Waals surface area contributed by atoms with E-state index in [0.717, 1.165) is 56.4 Å². The highest BCUT2D eigenvalue weighted by molar-refractivity contribution is 7.98. The average Bonchev–Trinajstić information content (AvgIpc) is 2.63. The molecule has 5 nitrogen and oxygen atoms in total. The van der Waals surface area contributed by atoms with Crippen molar-refractivity contribution in [1.82, 2.24) is 9.97 Å². The SMILES string of the molecule is CSc1nc(N2CCC3(CCC(CC(O)O)CC3)CC2)cc(C(F)(F)F)n1. The lowest BCUT2D eigenvalue weighted by Gasteiger charge is -2.46. The largest absolute Gasteiger partial charge is 0.433 e. The summed E-state index contributed by atoms with van der Waals surface area (Å²) in [5.41, 5.74) is -0.657. The molecule has 0 bridgehead atoms. The van der Waals surface area contributed by atoms with Crippen molar-refractivity contribution in [3.8, 4) is 0 Å². The van der Waals surface area contributed by atoms with Gasteiger partial charge in [0.25, 0.3) is 0 Å². The van der Waals surface area contributed by atoms with Crippen molar-refractivity contribution < 1.29 is 23.4 Å². The minimum Gasteiger partial charge on any atom is -0.368 e. The van der Waals surface area contributed by atoms with E-state index in [1.54, 1.807) is 6.26 Å². The molecule has 9 heteroatoms. The van der Waals surface area contributed by atoms with Crippen LogP contribution in [-0.4, -0.2) is 45.8 Å². The van der Waals surface area contributed by atoms with Gasteiger partial charge in [-0.25, -0.2) is 9.97 Å². The van der Waals surface area contributed by atoms with Crippen LogP contribution in [0, 0.1) is 11.3 Å². The van der Waals surface area contributed by atoms with Crippen molar-refractivity contribution in [3.63, 3.8) is 0 Å². The molecule has 1 spiro atoms. The van der Waals surface area contributed by atoms with E-state index in [4.69, 9.17) is 10.2 Å². The van der Waals surface area contributed by atoms with Gasteiger partial charge in [0.1, 0.15) is 5.82 Å². The monoisotopic (exact) mass is 405 g/mol. The second kappa shape index (κ2) is 8.13. The molecule has 2 fully saturated rings. The molecule has 0 aromatic carbocycles. The number of hydrogen-bond acceptors (Lipinski definition) is 6. The second-order valence-electron chi connectivity index (χ2n) is 7.74. The van der Waals surface area contributed by atoms with Crippen molar-refractivity contribution in [2.75, 3.05) is 24.2 Å². The minimum atomic E-state index is -4.48. The molecule has 1 aromatic rings. The summed E-state index contributed by atoms with van der Waals surface area (Å²) < 4.78 is 39.3. The van der Waals surface area contributed by atoms with Crippen LogP contribution in [0.1, 0.15) is 50.6 Å². The first-order chi connectivity index (χ1) is 12.7. The highest BCUT2D eigenvalue weighted by Gasteiger charge is 2.39. The highest BCUT2D eigenvalue weighted by atomic mass is 32.2. The number of rotatable bonds is 4. The second-order valence-corrected chi connectivity index (χ2v) is 8.52. The number of piperidine rings is 1. The van der Waals surface area contributed by atoms with Crippen LogP contribution >= 0.6 is 11.8 Å². The molecular weight excluding hydrogens is 379 g/mol. The molecular formula is C18H26F3N3O2S. The number of nitrogens with zero attached hydrogens (tertiary/aromatic N) is 3. The lowest BCUT2D eigenvalue weighted by molar-refractivity contribution is -0.141. The number of aliphatic hydroxyl groups excluding tert-OH is 1. The summed E-state index contributed by atoms with van der Waals surface area (Å²) in [6, 6.07) is 1.05. The Morgan fingerprint density at radius 1 is 1.19 bits per heavy atom. The van der Waals surface area contributed by atoms with Gasteiger partial charge in [-0.05, 0) is 56.1 Å². The molecule has 0 radical (unpaired) electrons. The normalized spacial score (nSPS) is 21.2. The fraction of sp³-hybridized carbons (Fsp3) is 0.778. The standard InChI is InChI=1S/C18H26F3N3O2S/c1-27-16-22-13(18(19,20)21)11-14(23-16)24-8-6-17(7-9-24)4-2-12(3-5-17)10-15(25)26/h11-12,15,25-26H,2-10H2,1H3. The molecule has 0 atom stereocenters. The number of alkyl halides is 3. The zero-order chi connectivity index (χ0) is 19.7. The summed E-state index contributed by atoms with van der Waals surface area (Å²) in [5, 5.41) is 18.4. The van der Waals surface area contributed by atoms with Crippen LogP contribution < -0.4 is 4.90 Å². The Morgan fingerprint density at radius 3 is 2.33 bits per heavy atom. The Bertz CT molecular complexity index is 639. The zero-order valence-corrected chi connectivity index (χ0v) is 16.2. The molecule has 3 rings (SSSR count). The first kappa shape index (κ1) is 20.7.